The summed E-state index contributed by atoms with van der Waals surface area (Å²) in [5.74, 6) is -0.441. The average molecular weight is 352 g/mol. The molecule has 3 rings (SSSR count). The van der Waals surface area contributed by atoms with E-state index >= 15 is 0 Å². The van der Waals surface area contributed by atoms with Crippen molar-refractivity contribution in [3.05, 3.63) is 42.0 Å². The second kappa shape index (κ2) is 6.62. The molecule has 1 aromatic carbocycles. The zero-order valence-corrected chi connectivity index (χ0v) is 14.5. The van der Waals surface area contributed by atoms with E-state index in [1.807, 2.05) is 13.8 Å². The van der Waals surface area contributed by atoms with Gasteiger partial charge in [0.2, 0.25) is 10.0 Å². The van der Waals surface area contributed by atoms with Gasteiger partial charge in [-0.3, -0.25) is 0 Å². The number of sulfonamides is 1. The van der Waals surface area contributed by atoms with Crippen LogP contribution in [0.2, 0.25) is 0 Å². The predicted molar refractivity (Wildman–Crippen MR) is 89.0 cm³/mol. The third kappa shape index (κ3) is 3.50. The molecule has 1 aromatic heterocycles. The molecule has 0 aliphatic carbocycles. The second-order valence-corrected chi connectivity index (χ2v) is 7.99. The molecule has 0 amide bonds. The van der Waals surface area contributed by atoms with E-state index in [4.69, 9.17) is 0 Å². The summed E-state index contributed by atoms with van der Waals surface area (Å²) in [5.41, 5.74) is 1.12. The minimum atomic E-state index is -3.76. The van der Waals surface area contributed by atoms with Crippen molar-refractivity contribution in [2.45, 2.75) is 31.2 Å². The number of aryl methyl sites for hydroxylation is 1. The number of halogens is 1. The smallest absolute Gasteiger partial charge is 0.240 e. The van der Waals surface area contributed by atoms with Crippen LogP contribution in [0.15, 0.2) is 35.5 Å². The Morgan fingerprint density at radius 1 is 1.42 bits per heavy atom. The highest BCUT2D eigenvalue weighted by molar-refractivity contribution is 7.89. The van der Waals surface area contributed by atoms with Crippen molar-refractivity contribution in [1.82, 2.24) is 19.8 Å². The Labute approximate surface area is 141 Å². The van der Waals surface area contributed by atoms with Crippen molar-refractivity contribution in [1.29, 1.82) is 0 Å². The van der Waals surface area contributed by atoms with Crippen LogP contribution >= 0.6 is 0 Å². The van der Waals surface area contributed by atoms with E-state index in [9.17, 15) is 12.8 Å². The summed E-state index contributed by atoms with van der Waals surface area (Å²) >= 11 is 0. The summed E-state index contributed by atoms with van der Waals surface area (Å²) in [7, 11) is -3.76. The first-order chi connectivity index (χ1) is 11.4. The van der Waals surface area contributed by atoms with Crippen LogP contribution in [0.25, 0.3) is 5.69 Å². The maximum atomic E-state index is 14.4. The highest BCUT2D eigenvalue weighted by Crippen LogP contribution is 2.20. The summed E-state index contributed by atoms with van der Waals surface area (Å²) in [4.78, 5) is -0.0710. The number of nitrogens with one attached hydrogen (secondary N) is 2. The number of piperidine rings is 1. The summed E-state index contributed by atoms with van der Waals surface area (Å²) in [6, 6.07) is 3.74. The SMILES string of the molecule is Cc1cnn(-c2ccc(S(=O)(=O)NC3CCNCC3C)cc2F)c1. The van der Waals surface area contributed by atoms with Crippen molar-refractivity contribution < 1.29 is 12.8 Å². The number of hydrogen-bond donors (Lipinski definition) is 2. The van der Waals surface area contributed by atoms with Crippen LogP contribution < -0.4 is 10.0 Å². The third-order valence-corrected chi connectivity index (χ3v) is 5.77. The van der Waals surface area contributed by atoms with Gasteiger partial charge in [-0.1, -0.05) is 6.92 Å². The van der Waals surface area contributed by atoms with E-state index in [2.05, 4.69) is 15.1 Å². The van der Waals surface area contributed by atoms with Gasteiger partial charge in [-0.15, -0.1) is 0 Å². The van der Waals surface area contributed by atoms with Gasteiger partial charge in [0, 0.05) is 12.2 Å². The van der Waals surface area contributed by atoms with Gasteiger partial charge in [-0.2, -0.15) is 5.10 Å². The number of rotatable bonds is 4. The van der Waals surface area contributed by atoms with Crippen molar-refractivity contribution >= 4 is 10.0 Å². The minimum Gasteiger partial charge on any atom is -0.316 e. The van der Waals surface area contributed by atoms with Crippen molar-refractivity contribution in [3.63, 3.8) is 0 Å². The quantitative estimate of drug-likeness (QED) is 0.876. The zero-order valence-electron chi connectivity index (χ0n) is 13.7. The first-order valence-electron chi connectivity index (χ1n) is 7.91. The Bertz CT molecular complexity index is 834. The van der Waals surface area contributed by atoms with Crippen molar-refractivity contribution in [3.8, 4) is 5.69 Å². The Morgan fingerprint density at radius 2 is 2.21 bits per heavy atom. The number of aromatic nitrogens is 2. The van der Waals surface area contributed by atoms with E-state index < -0.39 is 15.8 Å². The highest BCUT2D eigenvalue weighted by atomic mass is 32.2. The molecule has 2 heterocycles. The van der Waals surface area contributed by atoms with Crippen molar-refractivity contribution in [2.24, 2.45) is 5.92 Å². The van der Waals surface area contributed by atoms with Gasteiger partial charge in [-0.05, 0) is 56.1 Å². The van der Waals surface area contributed by atoms with E-state index in [1.54, 1.807) is 12.4 Å². The molecule has 0 bridgehead atoms. The normalized spacial score (nSPS) is 21.8. The first kappa shape index (κ1) is 17.1. The lowest BCUT2D eigenvalue weighted by Crippen LogP contribution is -2.48. The Kier molecular flexibility index (Phi) is 4.71. The Hall–Kier alpha value is -1.77. The maximum Gasteiger partial charge on any atom is 0.240 e. The molecular formula is C16H21FN4O2S. The van der Waals surface area contributed by atoms with Gasteiger partial charge < -0.3 is 5.32 Å². The second-order valence-electron chi connectivity index (χ2n) is 6.27. The maximum absolute atomic E-state index is 14.4. The van der Waals surface area contributed by atoms with Gasteiger partial charge in [0.05, 0.1) is 11.1 Å². The van der Waals surface area contributed by atoms with Gasteiger partial charge >= 0.3 is 0 Å². The fourth-order valence-corrected chi connectivity index (χ4v) is 4.23. The minimum absolute atomic E-state index is 0.0710. The predicted octanol–water partition coefficient (Wildman–Crippen LogP) is 1.60. The van der Waals surface area contributed by atoms with Gasteiger partial charge in [0.1, 0.15) is 11.5 Å². The summed E-state index contributed by atoms with van der Waals surface area (Å²) < 4.78 is 43.5. The van der Waals surface area contributed by atoms with E-state index in [1.165, 1.54) is 16.8 Å². The lowest BCUT2D eigenvalue weighted by Gasteiger charge is -2.29. The first-order valence-corrected chi connectivity index (χ1v) is 9.39. The third-order valence-electron chi connectivity index (χ3n) is 4.28. The molecule has 2 atom stereocenters. The molecular weight excluding hydrogens is 331 g/mol. The summed E-state index contributed by atoms with van der Waals surface area (Å²) in [6.07, 6.45) is 4.01. The van der Waals surface area contributed by atoms with Crippen LogP contribution in [0.3, 0.4) is 0 Å². The molecule has 24 heavy (non-hydrogen) atoms. The molecule has 0 saturated carbocycles. The molecule has 1 saturated heterocycles. The monoisotopic (exact) mass is 352 g/mol. The van der Waals surface area contributed by atoms with Crippen LogP contribution in [0.5, 0.6) is 0 Å². The van der Waals surface area contributed by atoms with Crippen LogP contribution in [-0.4, -0.2) is 37.3 Å². The van der Waals surface area contributed by atoms with Gasteiger partial charge in [0.25, 0.3) is 0 Å². The van der Waals surface area contributed by atoms with E-state index in [0.29, 0.717) is 6.42 Å². The molecule has 6 nitrogen and oxygen atoms in total. The van der Waals surface area contributed by atoms with Crippen LogP contribution in [0.1, 0.15) is 18.9 Å². The van der Waals surface area contributed by atoms with E-state index in [-0.39, 0.29) is 22.5 Å². The molecule has 2 N–H and O–H groups in total. The van der Waals surface area contributed by atoms with Gasteiger partial charge in [-0.25, -0.2) is 22.2 Å². The molecule has 8 heteroatoms. The number of benzene rings is 1. The highest BCUT2D eigenvalue weighted by Gasteiger charge is 2.27. The Balaban J connectivity index is 1.84. The number of hydrogen-bond acceptors (Lipinski definition) is 4. The van der Waals surface area contributed by atoms with Gasteiger partial charge in [0.15, 0.2) is 0 Å². The standard InChI is InChI=1S/C16H21FN4O2S/c1-11-8-19-21(10-11)16-4-3-13(7-14(16)17)24(22,23)20-15-5-6-18-9-12(15)2/h3-4,7-8,10,12,15,18,20H,5-6,9H2,1-2H3. The fourth-order valence-electron chi connectivity index (χ4n) is 2.84. The summed E-state index contributed by atoms with van der Waals surface area (Å²) in [5, 5.41) is 7.27. The van der Waals surface area contributed by atoms with Crippen molar-refractivity contribution in [2.75, 3.05) is 13.1 Å². The zero-order chi connectivity index (χ0) is 17.3. The molecule has 130 valence electrons. The van der Waals surface area contributed by atoms with Crippen LogP contribution in [0.4, 0.5) is 4.39 Å². The fraction of sp³-hybridized carbons (Fsp3) is 0.438. The molecule has 2 unspecified atom stereocenters. The molecule has 1 aliphatic heterocycles. The topological polar surface area (TPSA) is 76.0 Å². The van der Waals surface area contributed by atoms with Crippen LogP contribution in [-0.2, 0) is 10.0 Å². The molecule has 2 aromatic rings. The molecule has 0 spiro atoms. The largest absolute Gasteiger partial charge is 0.316 e. The van der Waals surface area contributed by atoms with Crippen LogP contribution in [0, 0.1) is 18.7 Å². The lowest BCUT2D eigenvalue weighted by atomic mass is 9.97. The number of nitrogens with zero attached hydrogens (tertiary/aromatic N) is 2. The Morgan fingerprint density at radius 3 is 2.83 bits per heavy atom. The summed E-state index contributed by atoms with van der Waals surface area (Å²) in [6.45, 7) is 5.37. The molecule has 1 aliphatic rings. The molecule has 0 radical (unpaired) electrons. The lowest BCUT2D eigenvalue weighted by molar-refractivity contribution is 0.328. The van der Waals surface area contributed by atoms with E-state index in [0.717, 1.165) is 24.7 Å². The molecule has 1 fully saturated rings. The average Bonchev–Trinajstić information content (AvgIpc) is 2.95.